The van der Waals surface area contributed by atoms with E-state index in [9.17, 15) is 14.7 Å². The number of fused-ring (bicyclic) bond motifs is 1. The van der Waals surface area contributed by atoms with E-state index in [1.165, 1.54) is 0 Å². The largest absolute Gasteiger partial charge is 0.515 e. The Balaban J connectivity index is 2.07. The van der Waals surface area contributed by atoms with Gasteiger partial charge in [0, 0.05) is 29.5 Å². The first-order chi connectivity index (χ1) is 13.0. The number of allylic oxidation sites excluding steroid dienone is 1. The molecule has 0 spiro atoms. The Hall–Kier alpha value is -2.30. The van der Waals surface area contributed by atoms with Crippen molar-refractivity contribution in [2.24, 2.45) is 11.3 Å². The average molecular weight is 386 g/mol. The molecular weight excluding hydrogens is 354 g/mol. The van der Waals surface area contributed by atoms with E-state index < -0.39 is 16.4 Å². The summed E-state index contributed by atoms with van der Waals surface area (Å²) in [5, 5.41) is 9.79. The molecule has 3 rings (SSSR count). The van der Waals surface area contributed by atoms with Gasteiger partial charge in [0.25, 0.3) is 0 Å². The summed E-state index contributed by atoms with van der Waals surface area (Å²) in [5.41, 5.74) is -0.110. The van der Waals surface area contributed by atoms with Crippen molar-refractivity contribution in [2.75, 3.05) is 13.1 Å². The summed E-state index contributed by atoms with van der Waals surface area (Å²) in [6, 6.07) is 10.1. The number of benzene rings is 1. The molecule has 1 saturated heterocycles. The number of aliphatic hydroxyl groups excluding tert-OH is 1. The fourth-order valence-corrected chi connectivity index (χ4v) is 5.07. The number of Topliss-reactive ketones (excluding diaryl/α,β-unsaturated/α-hetero) is 1. The van der Waals surface area contributed by atoms with Gasteiger partial charge in [-0.05, 0) is 45.1 Å². The number of rotatable bonds is 1. The van der Waals surface area contributed by atoms with Crippen LogP contribution in [0, 0.1) is 11.3 Å². The van der Waals surface area contributed by atoms with Gasteiger partial charge in [-0.2, -0.15) is 0 Å². The second-order valence-corrected chi connectivity index (χ2v) is 9.65. The second kappa shape index (κ2) is 6.94. The van der Waals surface area contributed by atoms with Crippen LogP contribution in [0.15, 0.2) is 42.2 Å². The topological polar surface area (TPSA) is 66.8 Å². The van der Waals surface area contributed by atoms with Gasteiger partial charge in [0.15, 0.2) is 5.78 Å². The fourth-order valence-electron chi connectivity index (χ4n) is 5.07. The van der Waals surface area contributed by atoms with Crippen molar-refractivity contribution in [2.45, 2.75) is 58.5 Å². The summed E-state index contributed by atoms with van der Waals surface area (Å²) in [6.07, 6.45) is 1.76. The maximum atomic E-state index is 13.0. The van der Waals surface area contributed by atoms with Crippen LogP contribution in [0.1, 0.15) is 53.0 Å². The van der Waals surface area contributed by atoms with E-state index in [-0.39, 0.29) is 17.8 Å². The van der Waals surface area contributed by atoms with Crippen molar-refractivity contribution < 1.29 is 19.4 Å². The minimum absolute atomic E-state index is 0.00252. The summed E-state index contributed by atoms with van der Waals surface area (Å²) in [4.78, 5) is 27.5. The standard InChI is InChI=1S/C23H31NO4/c1-21(2,3)28-20(27)24-12-11-18-22(4,5)19(26)16(14-25)13-23(18,15-24)17-9-7-6-8-10-17/h6-10,14,18,25H,11-13,15H2,1-5H3/b16-14-/t18-,23?/m0/s1. The highest BCUT2D eigenvalue weighted by Gasteiger charge is 2.58. The third kappa shape index (κ3) is 3.43. The van der Waals surface area contributed by atoms with Crippen LogP contribution < -0.4 is 0 Å². The van der Waals surface area contributed by atoms with Gasteiger partial charge in [-0.1, -0.05) is 44.2 Å². The number of piperidine rings is 1. The van der Waals surface area contributed by atoms with Crippen LogP contribution in [-0.4, -0.2) is 40.6 Å². The predicted molar refractivity (Wildman–Crippen MR) is 108 cm³/mol. The lowest BCUT2D eigenvalue weighted by molar-refractivity contribution is -0.134. The molecule has 2 fully saturated rings. The lowest BCUT2D eigenvalue weighted by Crippen LogP contribution is -2.62. The molecule has 1 N–H and O–H groups in total. The van der Waals surface area contributed by atoms with Crippen LogP contribution in [0.2, 0.25) is 0 Å². The minimum Gasteiger partial charge on any atom is -0.515 e. The Kier molecular flexibility index (Phi) is 5.07. The van der Waals surface area contributed by atoms with Crippen molar-refractivity contribution >= 4 is 11.9 Å². The molecule has 5 heteroatoms. The van der Waals surface area contributed by atoms with Crippen LogP contribution in [0.25, 0.3) is 0 Å². The highest BCUT2D eigenvalue weighted by Crippen LogP contribution is 2.56. The van der Waals surface area contributed by atoms with Gasteiger partial charge >= 0.3 is 6.09 Å². The predicted octanol–water partition coefficient (Wildman–Crippen LogP) is 4.62. The van der Waals surface area contributed by atoms with E-state index in [0.29, 0.717) is 31.5 Å². The van der Waals surface area contributed by atoms with Gasteiger partial charge in [-0.25, -0.2) is 4.79 Å². The van der Waals surface area contributed by atoms with E-state index in [0.717, 1.165) is 11.8 Å². The molecule has 0 aromatic heterocycles. The van der Waals surface area contributed by atoms with Gasteiger partial charge in [0.2, 0.25) is 0 Å². The molecule has 1 unspecified atom stereocenters. The van der Waals surface area contributed by atoms with Crippen LogP contribution in [-0.2, 0) is 14.9 Å². The molecular formula is C23H31NO4. The SMILES string of the molecule is CC(C)(C)OC(=O)N1CC[C@H]2C(C)(C)C(=O)/C(=C\O)CC2(c2ccccc2)C1. The Morgan fingerprint density at radius 3 is 2.46 bits per heavy atom. The number of ketones is 1. The van der Waals surface area contributed by atoms with E-state index in [1.807, 2.05) is 52.8 Å². The molecule has 1 amide bonds. The molecule has 152 valence electrons. The van der Waals surface area contributed by atoms with Gasteiger partial charge < -0.3 is 14.7 Å². The Morgan fingerprint density at radius 2 is 1.89 bits per heavy atom. The Bertz CT molecular complexity index is 791. The second-order valence-electron chi connectivity index (χ2n) is 9.65. The normalized spacial score (nSPS) is 28.8. The molecule has 1 aromatic rings. The third-order valence-electron chi connectivity index (χ3n) is 6.24. The number of hydrogen-bond acceptors (Lipinski definition) is 4. The molecule has 28 heavy (non-hydrogen) atoms. The number of carbonyl (C=O) groups is 2. The van der Waals surface area contributed by atoms with E-state index in [1.54, 1.807) is 4.90 Å². The molecule has 1 aliphatic carbocycles. The maximum Gasteiger partial charge on any atom is 0.410 e. The number of amides is 1. The van der Waals surface area contributed by atoms with Crippen molar-refractivity contribution in [3.8, 4) is 0 Å². The van der Waals surface area contributed by atoms with Crippen molar-refractivity contribution in [1.29, 1.82) is 0 Å². The zero-order chi connectivity index (χ0) is 20.7. The smallest absolute Gasteiger partial charge is 0.410 e. The minimum atomic E-state index is -0.622. The molecule has 2 aliphatic rings. The first-order valence-corrected chi connectivity index (χ1v) is 9.93. The fraction of sp³-hybridized carbons (Fsp3) is 0.565. The molecule has 1 saturated carbocycles. The number of likely N-dealkylation sites (tertiary alicyclic amines) is 1. The van der Waals surface area contributed by atoms with Crippen molar-refractivity contribution in [3.05, 3.63) is 47.7 Å². The van der Waals surface area contributed by atoms with E-state index in [2.05, 4.69) is 12.1 Å². The Morgan fingerprint density at radius 1 is 1.25 bits per heavy atom. The summed E-state index contributed by atoms with van der Waals surface area (Å²) < 4.78 is 5.62. The molecule has 1 aliphatic heterocycles. The van der Waals surface area contributed by atoms with Gasteiger partial charge in [0.05, 0.1) is 6.26 Å². The highest BCUT2D eigenvalue weighted by molar-refractivity contribution is 6.01. The lowest BCUT2D eigenvalue weighted by atomic mass is 9.50. The van der Waals surface area contributed by atoms with Crippen LogP contribution in [0.3, 0.4) is 0 Å². The molecule has 2 atom stereocenters. The molecule has 1 heterocycles. The van der Waals surface area contributed by atoms with E-state index in [4.69, 9.17) is 4.74 Å². The highest BCUT2D eigenvalue weighted by atomic mass is 16.6. The molecule has 0 bridgehead atoms. The number of nitrogens with zero attached hydrogens (tertiary/aromatic N) is 1. The summed E-state index contributed by atoms with van der Waals surface area (Å²) >= 11 is 0. The molecule has 0 radical (unpaired) electrons. The quantitative estimate of drug-likeness (QED) is 0.566. The summed E-state index contributed by atoms with van der Waals surface area (Å²) in [7, 11) is 0. The third-order valence-corrected chi connectivity index (χ3v) is 6.24. The number of ether oxygens (including phenoxy) is 1. The zero-order valence-corrected chi connectivity index (χ0v) is 17.5. The van der Waals surface area contributed by atoms with Crippen LogP contribution in [0.4, 0.5) is 4.79 Å². The number of carbonyl (C=O) groups excluding carboxylic acids is 2. The maximum absolute atomic E-state index is 13.0. The summed E-state index contributed by atoms with van der Waals surface area (Å²) in [5.74, 6) is 0.0644. The first-order valence-electron chi connectivity index (χ1n) is 9.93. The zero-order valence-electron chi connectivity index (χ0n) is 17.5. The monoisotopic (exact) mass is 385 g/mol. The Labute approximate surface area is 167 Å². The number of aliphatic hydroxyl groups is 1. The first kappa shape index (κ1) is 20.4. The van der Waals surface area contributed by atoms with E-state index >= 15 is 0 Å². The van der Waals surface area contributed by atoms with Gasteiger partial charge in [0.1, 0.15) is 5.60 Å². The van der Waals surface area contributed by atoms with Gasteiger partial charge in [-0.15, -0.1) is 0 Å². The average Bonchev–Trinajstić information content (AvgIpc) is 2.64. The van der Waals surface area contributed by atoms with Crippen molar-refractivity contribution in [3.63, 3.8) is 0 Å². The molecule has 5 nitrogen and oxygen atoms in total. The number of hydrogen-bond donors (Lipinski definition) is 1. The lowest BCUT2D eigenvalue weighted by Gasteiger charge is -2.57. The van der Waals surface area contributed by atoms with Crippen molar-refractivity contribution in [1.82, 2.24) is 4.90 Å². The molecule has 1 aromatic carbocycles. The van der Waals surface area contributed by atoms with Gasteiger partial charge in [-0.3, -0.25) is 4.79 Å². The van der Waals surface area contributed by atoms with Crippen LogP contribution in [0.5, 0.6) is 0 Å². The van der Waals surface area contributed by atoms with Crippen LogP contribution >= 0.6 is 0 Å². The summed E-state index contributed by atoms with van der Waals surface area (Å²) in [6.45, 7) is 10.5.